The van der Waals surface area contributed by atoms with Gasteiger partial charge in [0.15, 0.2) is 0 Å². The molecule has 1 saturated heterocycles. The van der Waals surface area contributed by atoms with Crippen molar-refractivity contribution in [3.8, 4) is 0 Å². The number of amides is 1. The Morgan fingerprint density at radius 2 is 1.86 bits per heavy atom. The summed E-state index contributed by atoms with van der Waals surface area (Å²) in [4.78, 5) is 14.6. The van der Waals surface area contributed by atoms with E-state index in [1.54, 1.807) is 0 Å². The largest absolute Gasteiger partial charge is 0.324 e. The van der Waals surface area contributed by atoms with Gasteiger partial charge in [0, 0.05) is 10.5 Å². The van der Waals surface area contributed by atoms with Gasteiger partial charge in [0.2, 0.25) is 5.91 Å². The normalized spacial score (nSPS) is 18.3. The minimum atomic E-state index is 0.0368. The molecule has 2 aromatic carbocycles. The average Bonchev–Trinajstić information content (AvgIpc) is 2.98. The summed E-state index contributed by atoms with van der Waals surface area (Å²) in [5, 5.41) is 2.98. The van der Waals surface area contributed by atoms with Gasteiger partial charge in [-0.05, 0) is 53.0 Å². The molecule has 1 aliphatic rings. The van der Waals surface area contributed by atoms with Gasteiger partial charge in [0.05, 0.1) is 12.2 Å². The Morgan fingerprint density at radius 3 is 2.64 bits per heavy atom. The van der Waals surface area contributed by atoms with Gasteiger partial charge in [0.25, 0.3) is 0 Å². The Morgan fingerprint density at radius 1 is 1.14 bits per heavy atom. The third-order valence-electron chi connectivity index (χ3n) is 4.04. The first-order valence-corrected chi connectivity index (χ1v) is 8.37. The maximum absolute atomic E-state index is 12.3. The van der Waals surface area contributed by atoms with Gasteiger partial charge in [-0.2, -0.15) is 0 Å². The fourth-order valence-electron chi connectivity index (χ4n) is 3.00. The highest BCUT2D eigenvalue weighted by Gasteiger charge is 2.27. The van der Waals surface area contributed by atoms with Crippen molar-refractivity contribution in [2.75, 3.05) is 18.4 Å². The van der Waals surface area contributed by atoms with Crippen molar-refractivity contribution in [1.29, 1.82) is 0 Å². The van der Waals surface area contributed by atoms with E-state index < -0.39 is 0 Å². The molecule has 1 heterocycles. The molecule has 1 atom stereocenters. The number of likely N-dealkylation sites (tertiary alicyclic amines) is 1. The van der Waals surface area contributed by atoms with E-state index >= 15 is 0 Å². The molecule has 0 bridgehead atoms. The fraction of sp³-hybridized carbons (Fsp3) is 0.278. The molecule has 22 heavy (non-hydrogen) atoms. The quantitative estimate of drug-likeness (QED) is 0.886. The minimum Gasteiger partial charge on any atom is -0.324 e. The number of nitrogens with zero attached hydrogens (tertiary/aromatic N) is 1. The van der Waals surface area contributed by atoms with Crippen LogP contribution in [0.4, 0.5) is 5.69 Å². The Balaban J connectivity index is 1.65. The molecule has 0 unspecified atom stereocenters. The van der Waals surface area contributed by atoms with Crippen LogP contribution in [-0.2, 0) is 4.79 Å². The van der Waals surface area contributed by atoms with Crippen molar-refractivity contribution in [3.05, 3.63) is 64.6 Å². The summed E-state index contributed by atoms with van der Waals surface area (Å²) in [6.45, 7) is 1.41. The Bertz CT molecular complexity index is 645. The number of nitrogens with one attached hydrogen (secondary N) is 1. The highest BCUT2D eigenvalue weighted by molar-refractivity contribution is 9.10. The van der Waals surface area contributed by atoms with E-state index in [0.29, 0.717) is 12.6 Å². The second-order valence-corrected chi connectivity index (χ2v) is 6.42. The minimum absolute atomic E-state index is 0.0368. The molecule has 0 aliphatic carbocycles. The Labute approximate surface area is 139 Å². The number of anilines is 1. The monoisotopic (exact) mass is 358 g/mol. The van der Waals surface area contributed by atoms with E-state index in [2.05, 4.69) is 50.4 Å². The molecule has 4 heteroatoms. The molecule has 1 aliphatic heterocycles. The number of carbonyl (C=O) groups excluding carboxylic acids is 1. The Kier molecular flexibility index (Phi) is 4.90. The molecule has 2 aromatic rings. The van der Waals surface area contributed by atoms with Crippen LogP contribution in [0.15, 0.2) is 59.1 Å². The maximum atomic E-state index is 12.3. The van der Waals surface area contributed by atoms with Crippen LogP contribution < -0.4 is 5.32 Å². The highest BCUT2D eigenvalue weighted by atomic mass is 79.9. The van der Waals surface area contributed by atoms with E-state index in [0.717, 1.165) is 29.5 Å². The number of hydrogen-bond donors (Lipinski definition) is 1. The van der Waals surface area contributed by atoms with E-state index in [-0.39, 0.29) is 5.91 Å². The molecule has 1 N–H and O–H groups in total. The van der Waals surface area contributed by atoms with Crippen LogP contribution in [0.25, 0.3) is 0 Å². The van der Waals surface area contributed by atoms with E-state index in [1.807, 2.05) is 30.3 Å². The number of halogens is 1. The number of hydrogen-bond acceptors (Lipinski definition) is 2. The van der Waals surface area contributed by atoms with Gasteiger partial charge >= 0.3 is 0 Å². The summed E-state index contributed by atoms with van der Waals surface area (Å²) in [6.07, 6.45) is 2.26. The second-order valence-electron chi connectivity index (χ2n) is 5.57. The molecular formula is C18H19BrN2O. The summed E-state index contributed by atoms with van der Waals surface area (Å²) >= 11 is 3.46. The van der Waals surface area contributed by atoms with Crippen LogP contribution in [0.2, 0.25) is 0 Å². The molecule has 3 rings (SSSR count). The second kappa shape index (κ2) is 7.07. The summed E-state index contributed by atoms with van der Waals surface area (Å²) in [6, 6.07) is 18.5. The van der Waals surface area contributed by atoms with Crippen LogP contribution in [0.3, 0.4) is 0 Å². The van der Waals surface area contributed by atoms with Crippen molar-refractivity contribution < 1.29 is 4.79 Å². The molecule has 114 valence electrons. The zero-order chi connectivity index (χ0) is 15.4. The molecule has 0 saturated carbocycles. The highest BCUT2D eigenvalue weighted by Crippen LogP contribution is 2.31. The predicted molar refractivity (Wildman–Crippen MR) is 92.8 cm³/mol. The topological polar surface area (TPSA) is 32.3 Å². The van der Waals surface area contributed by atoms with E-state index in [9.17, 15) is 4.79 Å². The van der Waals surface area contributed by atoms with E-state index in [4.69, 9.17) is 0 Å². The predicted octanol–water partition coefficient (Wildman–Crippen LogP) is 4.22. The van der Waals surface area contributed by atoms with Gasteiger partial charge < -0.3 is 5.32 Å². The van der Waals surface area contributed by atoms with Gasteiger partial charge in [-0.1, -0.05) is 42.5 Å². The van der Waals surface area contributed by atoms with Crippen LogP contribution in [-0.4, -0.2) is 23.9 Å². The third-order valence-corrected chi connectivity index (χ3v) is 4.73. The maximum Gasteiger partial charge on any atom is 0.238 e. The van der Waals surface area contributed by atoms with E-state index in [1.165, 1.54) is 5.56 Å². The molecule has 3 nitrogen and oxygen atoms in total. The van der Waals surface area contributed by atoms with Crippen LogP contribution in [0.1, 0.15) is 24.4 Å². The number of carbonyl (C=O) groups is 1. The smallest absolute Gasteiger partial charge is 0.238 e. The lowest BCUT2D eigenvalue weighted by molar-refractivity contribution is -0.117. The van der Waals surface area contributed by atoms with Crippen molar-refractivity contribution in [2.45, 2.75) is 18.9 Å². The molecule has 1 amide bonds. The van der Waals surface area contributed by atoms with Gasteiger partial charge in [-0.15, -0.1) is 0 Å². The van der Waals surface area contributed by atoms with Crippen LogP contribution >= 0.6 is 15.9 Å². The lowest BCUT2D eigenvalue weighted by Gasteiger charge is -2.24. The summed E-state index contributed by atoms with van der Waals surface area (Å²) in [7, 11) is 0. The molecule has 0 spiro atoms. The number of para-hydroxylation sites is 1. The lowest BCUT2D eigenvalue weighted by Crippen LogP contribution is -2.33. The standard InChI is InChI=1S/C18H19BrN2O/c19-15-9-4-5-10-16(15)20-18(22)13-21-12-6-11-17(21)14-7-2-1-3-8-14/h1-5,7-10,17H,6,11-13H2,(H,20,22)/t17-/m0/s1. The third kappa shape index (κ3) is 3.57. The van der Waals surface area contributed by atoms with Crippen LogP contribution in [0, 0.1) is 0 Å². The van der Waals surface area contributed by atoms with Crippen LogP contribution in [0.5, 0.6) is 0 Å². The summed E-state index contributed by atoms with van der Waals surface area (Å²) < 4.78 is 0.907. The van der Waals surface area contributed by atoms with Crippen molar-refractivity contribution in [3.63, 3.8) is 0 Å². The SMILES string of the molecule is O=C(CN1CCC[C@H]1c1ccccc1)Nc1ccccc1Br. The lowest BCUT2D eigenvalue weighted by atomic mass is 10.0. The van der Waals surface area contributed by atoms with Crippen molar-refractivity contribution >= 4 is 27.5 Å². The first-order valence-electron chi connectivity index (χ1n) is 7.57. The van der Waals surface area contributed by atoms with Crippen molar-refractivity contribution in [2.24, 2.45) is 0 Å². The Hall–Kier alpha value is -1.65. The first-order chi connectivity index (χ1) is 10.7. The van der Waals surface area contributed by atoms with Crippen molar-refractivity contribution in [1.82, 2.24) is 4.90 Å². The zero-order valence-corrected chi connectivity index (χ0v) is 13.9. The average molecular weight is 359 g/mol. The molecule has 0 radical (unpaired) electrons. The molecule has 1 fully saturated rings. The van der Waals surface area contributed by atoms with Gasteiger partial charge in [-0.3, -0.25) is 9.69 Å². The molecular weight excluding hydrogens is 340 g/mol. The summed E-state index contributed by atoms with van der Waals surface area (Å²) in [5.74, 6) is 0.0368. The molecule has 0 aromatic heterocycles. The number of rotatable bonds is 4. The van der Waals surface area contributed by atoms with Gasteiger partial charge in [0.1, 0.15) is 0 Å². The first kappa shape index (κ1) is 15.3. The summed E-state index contributed by atoms with van der Waals surface area (Å²) in [5.41, 5.74) is 2.12. The number of benzene rings is 2. The fourth-order valence-corrected chi connectivity index (χ4v) is 3.39. The van der Waals surface area contributed by atoms with Gasteiger partial charge in [-0.25, -0.2) is 0 Å². The zero-order valence-electron chi connectivity index (χ0n) is 12.3.